The molecule has 5 nitrogen and oxygen atoms in total. The highest BCUT2D eigenvalue weighted by molar-refractivity contribution is 5.48. The lowest BCUT2D eigenvalue weighted by atomic mass is 9.95. The number of hydrogen-bond acceptors (Lipinski definition) is 5. The Bertz CT molecular complexity index is 729. The van der Waals surface area contributed by atoms with Gasteiger partial charge in [0.05, 0.1) is 27.0 Å². The van der Waals surface area contributed by atoms with Crippen LogP contribution in [0.5, 0.6) is 11.5 Å². The van der Waals surface area contributed by atoms with Crippen molar-refractivity contribution in [1.82, 2.24) is 9.80 Å². The van der Waals surface area contributed by atoms with E-state index in [2.05, 4.69) is 28.0 Å². The molecule has 1 aromatic heterocycles. The fourth-order valence-corrected chi connectivity index (χ4v) is 4.31. The zero-order valence-electron chi connectivity index (χ0n) is 15.7. The molecule has 1 fully saturated rings. The van der Waals surface area contributed by atoms with Crippen molar-refractivity contribution in [1.29, 1.82) is 0 Å². The van der Waals surface area contributed by atoms with Gasteiger partial charge in [0.15, 0.2) is 11.5 Å². The second-order valence-corrected chi connectivity index (χ2v) is 7.31. The highest BCUT2D eigenvalue weighted by Gasteiger charge is 2.29. The predicted octanol–water partition coefficient (Wildman–Crippen LogP) is 3.32. The molecular formula is C21H28N2O3. The zero-order valence-corrected chi connectivity index (χ0v) is 15.7. The van der Waals surface area contributed by atoms with Crippen molar-refractivity contribution in [2.24, 2.45) is 0 Å². The summed E-state index contributed by atoms with van der Waals surface area (Å²) in [5.74, 6) is 2.73. The summed E-state index contributed by atoms with van der Waals surface area (Å²) in [7, 11) is 3.41. The highest BCUT2D eigenvalue weighted by atomic mass is 16.5. The maximum atomic E-state index is 5.53. The normalized spacial score (nSPS) is 21.4. The van der Waals surface area contributed by atoms with Crippen LogP contribution in [0.3, 0.4) is 0 Å². The van der Waals surface area contributed by atoms with Crippen molar-refractivity contribution in [3.8, 4) is 11.5 Å². The maximum absolute atomic E-state index is 5.53. The Balaban J connectivity index is 1.44. The molecule has 1 aromatic carbocycles. The van der Waals surface area contributed by atoms with E-state index < -0.39 is 0 Å². The number of furan rings is 1. The van der Waals surface area contributed by atoms with Crippen LogP contribution in [0.15, 0.2) is 34.9 Å². The van der Waals surface area contributed by atoms with Crippen molar-refractivity contribution in [2.75, 3.05) is 33.9 Å². The van der Waals surface area contributed by atoms with Gasteiger partial charge in [-0.25, -0.2) is 0 Å². The lowest BCUT2D eigenvalue weighted by molar-refractivity contribution is 0.0801. The first kappa shape index (κ1) is 17.4. The van der Waals surface area contributed by atoms with Gasteiger partial charge in [-0.1, -0.05) is 0 Å². The van der Waals surface area contributed by atoms with E-state index in [9.17, 15) is 0 Å². The summed E-state index contributed by atoms with van der Waals surface area (Å²) in [6.45, 7) is 5.30. The number of piperidine rings is 1. The fraction of sp³-hybridized carbons (Fsp3) is 0.524. The Kier molecular flexibility index (Phi) is 5.18. The Morgan fingerprint density at radius 3 is 2.65 bits per heavy atom. The first-order valence-corrected chi connectivity index (χ1v) is 9.49. The Morgan fingerprint density at radius 1 is 1.12 bits per heavy atom. The monoisotopic (exact) mass is 356 g/mol. The van der Waals surface area contributed by atoms with E-state index >= 15 is 0 Å². The minimum absolute atomic E-state index is 0.611. The van der Waals surface area contributed by atoms with Crippen LogP contribution in [0.1, 0.15) is 29.7 Å². The van der Waals surface area contributed by atoms with E-state index in [1.54, 1.807) is 20.5 Å². The summed E-state index contributed by atoms with van der Waals surface area (Å²) in [6, 6.07) is 8.96. The van der Waals surface area contributed by atoms with Crippen LogP contribution in [-0.2, 0) is 19.5 Å². The molecule has 3 heterocycles. The average Bonchev–Trinajstić information content (AvgIpc) is 3.19. The molecule has 1 saturated heterocycles. The average molecular weight is 356 g/mol. The lowest BCUT2D eigenvalue weighted by Gasteiger charge is -2.41. The third-order valence-corrected chi connectivity index (χ3v) is 5.70. The van der Waals surface area contributed by atoms with Crippen LogP contribution in [0, 0.1) is 0 Å². The van der Waals surface area contributed by atoms with Crippen molar-refractivity contribution in [3.05, 3.63) is 47.4 Å². The Hall–Kier alpha value is -1.98. The summed E-state index contributed by atoms with van der Waals surface area (Å²) >= 11 is 0. The summed E-state index contributed by atoms with van der Waals surface area (Å²) < 4.78 is 16.5. The smallest absolute Gasteiger partial charge is 0.161 e. The van der Waals surface area contributed by atoms with Gasteiger partial charge in [-0.15, -0.1) is 0 Å². The molecule has 1 atom stereocenters. The molecule has 26 heavy (non-hydrogen) atoms. The number of likely N-dealkylation sites (tertiary alicyclic amines) is 1. The third-order valence-electron chi connectivity index (χ3n) is 5.70. The maximum Gasteiger partial charge on any atom is 0.161 e. The minimum atomic E-state index is 0.611. The van der Waals surface area contributed by atoms with Gasteiger partial charge in [-0.05, 0) is 61.2 Å². The summed E-state index contributed by atoms with van der Waals surface area (Å²) in [4.78, 5) is 5.17. The van der Waals surface area contributed by atoms with E-state index in [4.69, 9.17) is 13.9 Å². The van der Waals surface area contributed by atoms with Gasteiger partial charge in [0.25, 0.3) is 0 Å². The number of nitrogens with zero attached hydrogens (tertiary/aromatic N) is 2. The number of rotatable bonds is 5. The van der Waals surface area contributed by atoms with Gasteiger partial charge in [-0.2, -0.15) is 0 Å². The molecule has 0 aliphatic carbocycles. The third kappa shape index (κ3) is 3.60. The van der Waals surface area contributed by atoms with Crippen LogP contribution in [-0.4, -0.2) is 49.7 Å². The number of methoxy groups -OCH3 is 2. The number of hydrogen-bond donors (Lipinski definition) is 0. The molecule has 2 aromatic rings. The molecule has 0 radical (unpaired) electrons. The Labute approximate surface area is 155 Å². The molecule has 0 N–H and O–H groups in total. The molecule has 0 saturated carbocycles. The topological polar surface area (TPSA) is 38.1 Å². The predicted molar refractivity (Wildman–Crippen MR) is 101 cm³/mol. The van der Waals surface area contributed by atoms with Crippen LogP contribution in [0.25, 0.3) is 0 Å². The molecule has 2 aliphatic rings. The van der Waals surface area contributed by atoms with Gasteiger partial charge in [-0.3, -0.25) is 9.80 Å². The molecule has 0 bridgehead atoms. The molecule has 5 heteroatoms. The number of ether oxygens (including phenoxy) is 2. The molecule has 0 spiro atoms. The van der Waals surface area contributed by atoms with E-state index in [0.717, 1.165) is 56.4 Å². The second kappa shape index (κ2) is 7.72. The molecule has 4 rings (SSSR count). The van der Waals surface area contributed by atoms with Crippen molar-refractivity contribution in [3.63, 3.8) is 0 Å². The number of fused-ring (bicyclic) bond motifs is 1. The zero-order chi connectivity index (χ0) is 17.9. The van der Waals surface area contributed by atoms with Gasteiger partial charge in [0.2, 0.25) is 0 Å². The van der Waals surface area contributed by atoms with E-state index in [0.29, 0.717) is 6.04 Å². The minimum Gasteiger partial charge on any atom is -0.493 e. The van der Waals surface area contributed by atoms with E-state index in [1.165, 1.54) is 24.0 Å². The van der Waals surface area contributed by atoms with Gasteiger partial charge in [0, 0.05) is 25.7 Å². The van der Waals surface area contributed by atoms with Gasteiger partial charge in [0.1, 0.15) is 5.76 Å². The van der Waals surface area contributed by atoms with Crippen LogP contribution < -0.4 is 9.47 Å². The van der Waals surface area contributed by atoms with Gasteiger partial charge >= 0.3 is 0 Å². The number of benzene rings is 1. The first-order chi connectivity index (χ1) is 12.8. The molecule has 1 unspecified atom stereocenters. The fourth-order valence-electron chi connectivity index (χ4n) is 4.31. The van der Waals surface area contributed by atoms with Crippen LogP contribution in [0.4, 0.5) is 0 Å². The van der Waals surface area contributed by atoms with E-state index in [1.807, 2.05) is 6.07 Å². The van der Waals surface area contributed by atoms with Crippen molar-refractivity contribution < 1.29 is 13.9 Å². The SMILES string of the molecule is COc1cc2c(cc1OC)CN(C1CCCN(Cc3ccco3)C1)CC2. The van der Waals surface area contributed by atoms with Crippen LogP contribution >= 0.6 is 0 Å². The Morgan fingerprint density at radius 2 is 1.92 bits per heavy atom. The molecular weight excluding hydrogens is 328 g/mol. The summed E-state index contributed by atoms with van der Waals surface area (Å²) in [5.41, 5.74) is 2.76. The largest absolute Gasteiger partial charge is 0.493 e. The summed E-state index contributed by atoms with van der Waals surface area (Å²) in [6.07, 6.45) is 5.36. The highest BCUT2D eigenvalue weighted by Crippen LogP contribution is 2.34. The summed E-state index contributed by atoms with van der Waals surface area (Å²) in [5, 5.41) is 0. The molecule has 2 aliphatic heterocycles. The van der Waals surface area contributed by atoms with E-state index in [-0.39, 0.29) is 0 Å². The standard InChI is InChI=1S/C21H28N2O3/c1-24-20-11-16-7-9-23(13-17(16)12-21(20)25-2)18-5-3-8-22(14-18)15-19-6-4-10-26-19/h4,6,10-12,18H,3,5,7-9,13-15H2,1-2H3. The quantitative estimate of drug-likeness (QED) is 0.822. The lowest BCUT2D eigenvalue weighted by Crippen LogP contribution is -2.49. The van der Waals surface area contributed by atoms with Gasteiger partial charge < -0.3 is 13.9 Å². The second-order valence-electron chi connectivity index (χ2n) is 7.31. The van der Waals surface area contributed by atoms with Crippen molar-refractivity contribution in [2.45, 2.75) is 38.4 Å². The van der Waals surface area contributed by atoms with Crippen molar-refractivity contribution >= 4 is 0 Å². The molecule has 0 amide bonds. The molecule has 140 valence electrons. The first-order valence-electron chi connectivity index (χ1n) is 9.49. The van der Waals surface area contributed by atoms with Crippen LogP contribution in [0.2, 0.25) is 0 Å².